The summed E-state index contributed by atoms with van der Waals surface area (Å²) in [6.45, 7) is 2.74. The molecule has 0 bridgehead atoms. The quantitative estimate of drug-likeness (QED) is 0.775. The minimum atomic E-state index is -4.39. The maximum Gasteiger partial charge on any atom is 0.422 e. The third kappa shape index (κ3) is 6.31. The van der Waals surface area contributed by atoms with Gasteiger partial charge in [0.1, 0.15) is 11.5 Å². The first kappa shape index (κ1) is 19.6. The molecule has 0 aromatic heterocycles. The van der Waals surface area contributed by atoms with Gasteiger partial charge >= 0.3 is 6.18 Å². The number of hydrogen-bond donors (Lipinski definition) is 1. The summed E-state index contributed by atoms with van der Waals surface area (Å²) in [5, 5.41) is 2.66. The Hall–Kier alpha value is -2.70. The third-order valence-electron chi connectivity index (χ3n) is 3.52. The van der Waals surface area contributed by atoms with Crippen LogP contribution in [0.1, 0.15) is 17.5 Å². The van der Waals surface area contributed by atoms with E-state index in [9.17, 15) is 18.0 Å². The van der Waals surface area contributed by atoms with Crippen LogP contribution in [0.3, 0.4) is 0 Å². The average molecular weight is 367 g/mol. The molecule has 4 nitrogen and oxygen atoms in total. The highest BCUT2D eigenvalue weighted by Crippen LogP contribution is 2.23. The number of anilines is 1. The predicted molar refractivity (Wildman–Crippen MR) is 92.6 cm³/mol. The molecule has 7 heteroatoms. The highest BCUT2D eigenvalue weighted by atomic mass is 19.4. The zero-order chi connectivity index (χ0) is 19.2. The summed E-state index contributed by atoms with van der Waals surface area (Å²) < 4.78 is 46.5. The minimum Gasteiger partial charge on any atom is -0.493 e. The monoisotopic (exact) mass is 367 g/mol. The smallest absolute Gasteiger partial charge is 0.422 e. The molecule has 0 radical (unpaired) electrons. The van der Waals surface area contributed by atoms with Crippen molar-refractivity contribution in [1.82, 2.24) is 0 Å². The van der Waals surface area contributed by atoms with E-state index >= 15 is 0 Å². The lowest BCUT2D eigenvalue weighted by Gasteiger charge is -2.12. The molecule has 0 fully saturated rings. The molecule has 0 atom stereocenters. The lowest BCUT2D eigenvalue weighted by molar-refractivity contribution is -0.153. The maximum atomic E-state index is 12.1. The van der Waals surface area contributed by atoms with E-state index in [1.807, 2.05) is 32.0 Å². The Morgan fingerprint density at radius 3 is 2.19 bits per heavy atom. The standard InChI is InChI=1S/C19H20F3NO3/c1-13-4-3-5-14(2)18(13)25-11-10-17(24)23-15-6-8-16(9-7-15)26-12-19(20,21)22/h3-9H,10-12H2,1-2H3,(H,23,24). The molecule has 1 N–H and O–H groups in total. The van der Waals surface area contributed by atoms with Crippen LogP contribution >= 0.6 is 0 Å². The van der Waals surface area contributed by atoms with Crippen molar-refractivity contribution in [2.45, 2.75) is 26.4 Å². The molecule has 0 saturated carbocycles. The zero-order valence-electron chi connectivity index (χ0n) is 14.5. The number of amides is 1. The number of carbonyl (C=O) groups is 1. The molecule has 0 saturated heterocycles. The summed E-state index contributed by atoms with van der Waals surface area (Å²) in [4.78, 5) is 11.9. The lowest BCUT2D eigenvalue weighted by atomic mass is 10.1. The number of rotatable bonds is 7. The van der Waals surface area contributed by atoms with Crippen molar-refractivity contribution in [1.29, 1.82) is 0 Å². The summed E-state index contributed by atoms with van der Waals surface area (Å²) in [7, 11) is 0. The van der Waals surface area contributed by atoms with Gasteiger partial charge in [-0.1, -0.05) is 18.2 Å². The van der Waals surface area contributed by atoms with Gasteiger partial charge in [-0.05, 0) is 49.2 Å². The molecule has 0 aliphatic rings. The Morgan fingerprint density at radius 2 is 1.62 bits per heavy atom. The van der Waals surface area contributed by atoms with Crippen molar-refractivity contribution in [2.75, 3.05) is 18.5 Å². The summed E-state index contributed by atoms with van der Waals surface area (Å²) in [6, 6.07) is 11.5. The highest BCUT2D eigenvalue weighted by Gasteiger charge is 2.28. The number of para-hydroxylation sites is 1. The lowest BCUT2D eigenvalue weighted by Crippen LogP contribution is -2.19. The Bertz CT molecular complexity index is 722. The Kier molecular flexibility index (Phi) is 6.49. The van der Waals surface area contributed by atoms with Crippen LogP contribution in [0.2, 0.25) is 0 Å². The van der Waals surface area contributed by atoms with Crippen LogP contribution in [0.4, 0.5) is 18.9 Å². The van der Waals surface area contributed by atoms with Crippen LogP contribution in [0.25, 0.3) is 0 Å². The van der Waals surface area contributed by atoms with Crippen LogP contribution in [0.15, 0.2) is 42.5 Å². The Balaban J connectivity index is 1.79. The number of benzene rings is 2. The molecule has 0 heterocycles. The molecule has 2 aromatic carbocycles. The van der Waals surface area contributed by atoms with Gasteiger partial charge in [0.15, 0.2) is 6.61 Å². The van der Waals surface area contributed by atoms with Gasteiger partial charge in [-0.15, -0.1) is 0 Å². The summed E-state index contributed by atoms with van der Waals surface area (Å²) >= 11 is 0. The minimum absolute atomic E-state index is 0.0821. The highest BCUT2D eigenvalue weighted by molar-refractivity contribution is 5.90. The van der Waals surface area contributed by atoms with E-state index < -0.39 is 12.8 Å². The van der Waals surface area contributed by atoms with Crippen molar-refractivity contribution in [3.8, 4) is 11.5 Å². The van der Waals surface area contributed by atoms with Gasteiger partial charge < -0.3 is 14.8 Å². The summed E-state index contributed by atoms with van der Waals surface area (Å²) in [6.07, 6.45) is -4.23. The van der Waals surface area contributed by atoms with Crippen molar-refractivity contribution in [2.24, 2.45) is 0 Å². The average Bonchev–Trinajstić information content (AvgIpc) is 2.56. The van der Waals surface area contributed by atoms with Crippen LogP contribution < -0.4 is 14.8 Å². The van der Waals surface area contributed by atoms with E-state index in [2.05, 4.69) is 10.1 Å². The fraction of sp³-hybridized carbons (Fsp3) is 0.316. The first-order chi connectivity index (χ1) is 12.2. The molecule has 2 rings (SSSR count). The maximum absolute atomic E-state index is 12.1. The van der Waals surface area contributed by atoms with Gasteiger partial charge in [0, 0.05) is 5.69 Å². The first-order valence-electron chi connectivity index (χ1n) is 8.03. The molecule has 0 unspecified atom stereocenters. The molecule has 140 valence electrons. The van der Waals surface area contributed by atoms with E-state index in [4.69, 9.17) is 4.74 Å². The van der Waals surface area contributed by atoms with Gasteiger partial charge in [0.2, 0.25) is 5.91 Å². The second-order valence-electron chi connectivity index (χ2n) is 5.80. The Morgan fingerprint density at radius 1 is 1.00 bits per heavy atom. The number of ether oxygens (including phenoxy) is 2. The van der Waals surface area contributed by atoms with Gasteiger partial charge in [-0.3, -0.25) is 4.79 Å². The Labute approximate surface area is 149 Å². The number of aryl methyl sites for hydroxylation is 2. The number of nitrogens with one attached hydrogen (secondary N) is 1. The number of alkyl halides is 3. The predicted octanol–water partition coefficient (Wildman–Crippen LogP) is 4.65. The van der Waals surface area contributed by atoms with E-state index in [0.717, 1.165) is 16.9 Å². The second-order valence-corrected chi connectivity index (χ2v) is 5.80. The van der Waals surface area contributed by atoms with Gasteiger partial charge in [0.25, 0.3) is 0 Å². The largest absolute Gasteiger partial charge is 0.493 e. The van der Waals surface area contributed by atoms with Gasteiger partial charge in [-0.25, -0.2) is 0 Å². The molecule has 2 aromatic rings. The van der Waals surface area contributed by atoms with Crippen LogP contribution in [-0.2, 0) is 4.79 Å². The number of hydrogen-bond acceptors (Lipinski definition) is 3. The number of carbonyl (C=O) groups excluding carboxylic acids is 1. The summed E-state index contributed by atoms with van der Waals surface area (Å²) in [5.41, 5.74) is 2.47. The topological polar surface area (TPSA) is 47.6 Å². The molecule has 0 aliphatic carbocycles. The molecule has 1 amide bonds. The second kappa shape index (κ2) is 8.60. The van der Waals surface area contributed by atoms with Crippen molar-refractivity contribution in [3.63, 3.8) is 0 Å². The van der Waals surface area contributed by atoms with Gasteiger partial charge in [0.05, 0.1) is 13.0 Å². The SMILES string of the molecule is Cc1cccc(C)c1OCCC(=O)Nc1ccc(OCC(F)(F)F)cc1. The summed E-state index contributed by atoms with van der Waals surface area (Å²) in [5.74, 6) is 0.602. The van der Waals surface area contributed by atoms with Crippen molar-refractivity contribution >= 4 is 11.6 Å². The fourth-order valence-corrected chi connectivity index (χ4v) is 2.30. The van der Waals surface area contributed by atoms with Crippen molar-refractivity contribution < 1.29 is 27.4 Å². The molecule has 0 spiro atoms. The normalized spacial score (nSPS) is 11.1. The van der Waals surface area contributed by atoms with E-state index in [1.54, 1.807) is 0 Å². The molecular formula is C19H20F3NO3. The number of halogens is 3. The van der Waals surface area contributed by atoms with Crippen LogP contribution in [0.5, 0.6) is 11.5 Å². The first-order valence-corrected chi connectivity index (χ1v) is 8.03. The van der Waals surface area contributed by atoms with E-state index in [-0.39, 0.29) is 24.7 Å². The fourth-order valence-electron chi connectivity index (χ4n) is 2.30. The third-order valence-corrected chi connectivity index (χ3v) is 3.52. The molecule has 26 heavy (non-hydrogen) atoms. The van der Waals surface area contributed by atoms with E-state index in [1.165, 1.54) is 24.3 Å². The van der Waals surface area contributed by atoms with Crippen LogP contribution in [0, 0.1) is 13.8 Å². The van der Waals surface area contributed by atoms with Crippen molar-refractivity contribution in [3.05, 3.63) is 53.6 Å². The van der Waals surface area contributed by atoms with Gasteiger partial charge in [-0.2, -0.15) is 13.2 Å². The molecular weight excluding hydrogens is 347 g/mol. The van der Waals surface area contributed by atoms with E-state index in [0.29, 0.717) is 5.69 Å². The van der Waals surface area contributed by atoms with Crippen LogP contribution in [-0.4, -0.2) is 25.3 Å². The zero-order valence-corrected chi connectivity index (χ0v) is 14.5. The molecule has 0 aliphatic heterocycles.